The first-order valence-electron chi connectivity index (χ1n) is 6.59. The van der Waals surface area contributed by atoms with E-state index in [9.17, 15) is 9.59 Å². The number of carbonyl (C=O) groups is 2. The molecule has 0 spiro atoms. The number of furan rings is 1. The molecule has 2 aromatic rings. The third kappa shape index (κ3) is 3.52. The lowest BCUT2D eigenvalue weighted by Gasteiger charge is -2.01. The van der Waals surface area contributed by atoms with Crippen molar-refractivity contribution in [3.8, 4) is 0 Å². The molecule has 1 amide bonds. The van der Waals surface area contributed by atoms with Gasteiger partial charge in [-0.1, -0.05) is 13.8 Å². The van der Waals surface area contributed by atoms with E-state index in [1.165, 1.54) is 6.07 Å². The number of thiophene rings is 1. The summed E-state index contributed by atoms with van der Waals surface area (Å²) >= 11 is 1.15. The van der Waals surface area contributed by atoms with Gasteiger partial charge in [-0.2, -0.15) is 0 Å². The van der Waals surface area contributed by atoms with E-state index in [4.69, 9.17) is 9.52 Å². The summed E-state index contributed by atoms with van der Waals surface area (Å²) in [6.45, 7) is 6.06. The number of hydrogen-bond donors (Lipinski definition) is 2. The molecule has 0 aromatic carbocycles. The van der Waals surface area contributed by atoms with Gasteiger partial charge in [0, 0.05) is 10.8 Å². The highest BCUT2D eigenvalue weighted by Crippen LogP contribution is 2.22. The van der Waals surface area contributed by atoms with Gasteiger partial charge in [-0.05, 0) is 25.1 Å². The number of carbonyl (C=O) groups excluding carboxylic acids is 1. The molecule has 0 aliphatic rings. The molecule has 0 bridgehead atoms. The second-order valence-corrected chi connectivity index (χ2v) is 6.20. The normalized spacial score (nSPS) is 10.9. The molecule has 21 heavy (non-hydrogen) atoms. The number of amides is 1. The van der Waals surface area contributed by atoms with Crippen molar-refractivity contribution in [2.45, 2.75) is 33.2 Å². The average molecular weight is 307 g/mol. The molecule has 0 saturated carbocycles. The highest BCUT2D eigenvalue weighted by Gasteiger charge is 2.16. The minimum Gasteiger partial charge on any atom is -0.477 e. The number of carboxylic acid groups (broad SMARTS) is 1. The zero-order valence-corrected chi connectivity index (χ0v) is 12.9. The summed E-state index contributed by atoms with van der Waals surface area (Å²) in [5.74, 6) is 0.425. The van der Waals surface area contributed by atoms with Crippen LogP contribution >= 0.6 is 11.3 Å². The molecule has 0 saturated heterocycles. The Labute approximate surface area is 126 Å². The molecule has 6 heteroatoms. The van der Waals surface area contributed by atoms with E-state index < -0.39 is 5.97 Å². The Hall–Kier alpha value is -2.08. The molecule has 2 rings (SSSR count). The second-order valence-electron chi connectivity index (χ2n) is 5.03. The SMILES string of the molecule is Cc1oc(C(C)C)cc1C(=O)NCc1ccc(C(=O)O)s1. The number of carboxylic acids is 1. The summed E-state index contributed by atoms with van der Waals surface area (Å²) in [5.41, 5.74) is 0.522. The van der Waals surface area contributed by atoms with Gasteiger partial charge in [0.05, 0.1) is 12.1 Å². The van der Waals surface area contributed by atoms with E-state index in [0.29, 0.717) is 17.9 Å². The van der Waals surface area contributed by atoms with Crippen LogP contribution < -0.4 is 5.32 Å². The van der Waals surface area contributed by atoms with Crippen molar-refractivity contribution >= 4 is 23.2 Å². The molecule has 0 unspecified atom stereocenters. The van der Waals surface area contributed by atoms with Crippen molar-refractivity contribution in [2.24, 2.45) is 0 Å². The summed E-state index contributed by atoms with van der Waals surface area (Å²) in [5, 5.41) is 11.6. The molecule has 2 aromatic heterocycles. The number of aromatic carboxylic acids is 1. The van der Waals surface area contributed by atoms with Gasteiger partial charge < -0.3 is 14.8 Å². The summed E-state index contributed by atoms with van der Waals surface area (Å²) < 4.78 is 5.55. The monoisotopic (exact) mass is 307 g/mol. The van der Waals surface area contributed by atoms with Gasteiger partial charge in [-0.3, -0.25) is 4.79 Å². The third-order valence-electron chi connectivity index (χ3n) is 3.05. The van der Waals surface area contributed by atoms with Crippen LogP contribution in [0.4, 0.5) is 0 Å². The van der Waals surface area contributed by atoms with Crippen LogP contribution in [0.2, 0.25) is 0 Å². The maximum atomic E-state index is 12.1. The molecule has 112 valence electrons. The van der Waals surface area contributed by atoms with E-state index in [2.05, 4.69) is 5.32 Å². The lowest BCUT2D eigenvalue weighted by atomic mass is 10.1. The highest BCUT2D eigenvalue weighted by atomic mass is 32.1. The zero-order chi connectivity index (χ0) is 15.6. The Balaban J connectivity index is 2.02. The van der Waals surface area contributed by atoms with E-state index in [0.717, 1.165) is 22.0 Å². The molecular weight excluding hydrogens is 290 g/mol. The van der Waals surface area contributed by atoms with Crippen molar-refractivity contribution in [1.82, 2.24) is 5.32 Å². The predicted octanol–water partition coefficient (Wildman–Crippen LogP) is 3.40. The van der Waals surface area contributed by atoms with Gasteiger partial charge in [0.25, 0.3) is 5.91 Å². The molecule has 5 nitrogen and oxygen atoms in total. The van der Waals surface area contributed by atoms with Gasteiger partial charge >= 0.3 is 5.97 Å². The van der Waals surface area contributed by atoms with Crippen LogP contribution in [-0.2, 0) is 6.54 Å². The van der Waals surface area contributed by atoms with Crippen LogP contribution in [0, 0.1) is 6.92 Å². The molecule has 0 atom stereocenters. The first kappa shape index (κ1) is 15.3. The smallest absolute Gasteiger partial charge is 0.345 e. The van der Waals surface area contributed by atoms with Crippen molar-refractivity contribution in [3.05, 3.63) is 45.0 Å². The van der Waals surface area contributed by atoms with Crippen LogP contribution in [0.3, 0.4) is 0 Å². The maximum Gasteiger partial charge on any atom is 0.345 e. The van der Waals surface area contributed by atoms with Crippen molar-refractivity contribution in [1.29, 1.82) is 0 Å². The fraction of sp³-hybridized carbons (Fsp3) is 0.333. The lowest BCUT2D eigenvalue weighted by molar-refractivity contribution is 0.0702. The second kappa shape index (κ2) is 6.13. The van der Waals surface area contributed by atoms with Gasteiger partial charge in [0.1, 0.15) is 16.4 Å². The molecular formula is C15H17NO4S. The maximum absolute atomic E-state index is 12.1. The number of nitrogens with one attached hydrogen (secondary N) is 1. The van der Waals surface area contributed by atoms with E-state index in [1.807, 2.05) is 13.8 Å². The molecule has 2 N–H and O–H groups in total. The van der Waals surface area contributed by atoms with E-state index in [1.54, 1.807) is 19.1 Å². The largest absolute Gasteiger partial charge is 0.477 e. The number of rotatable bonds is 5. The average Bonchev–Trinajstić information content (AvgIpc) is 3.02. The molecule has 0 radical (unpaired) electrons. The Kier molecular flexibility index (Phi) is 4.47. The van der Waals surface area contributed by atoms with Crippen LogP contribution in [-0.4, -0.2) is 17.0 Å². The van der Waals surface area contributed by atoms with Gasteiger partial charge in [0.15, 0.2) is 0 Å². The summed E-state index contributed by atoms with van der Waals surface area (Å²) in [7, 11) is 0. The Bertz CT molecular complexity index is 669. The summed E-state index contributed by atoms with van der Waals surface area (Å²) in [6.07, 6.45) is 0. The van der Waals surface area contributed by atoms with Gasteiger partial charge in [-0.15, -0.1) is 11.3 Å². The fourth-order valence-corrected chi connectivity index (χ4v) is 2.65. The Morgan fingerprint density at radius 1 is 1.38 bits per heavy atom. The predicted molar refractivity (Wildman–Crippen MR) is 80.0 cm³/mol. The summed E-state index contributed by atoms with van der Waals surface area (Å²) in [6, 6.07) is 5.00. The molecule has 0 fully saturated rings. The van der Waals surface area contributed by atoms with E-state index in [-0.39, 0.29) is 16.7 Å². The lowest BCUT2D eigenvalue weighted by Crippen LogP contribution is -2.22. The van der Waals surface area contributed by atoms with Crippen molar-refractivity contribution < 1.29 is 19.1 Å². The van der Waals surface area contributed by atoms with Crippen LogP contribution in [0.1, 0.15) is 56.2 Å². The Morgan fingerprint density at radius 2 is 2.10 bits per heavy atom. The first-order chi connectivity index (χ1) is 9.88. The van der Waals surface area contributed by atoms with Crippen LogP contribution in [0.25, 0.3) is 0 Å². The first-order valence-corrected chi connectivity index (χ1v) is 7.40. The third-order valence-corrected chi connectivity index (χ3v) is 4.12. The number of hydrogen-bond acceptors (Lipinski definition) is 4. The number of aryl methyl sites for hydroxylation is 1. The molecule has 0 aliphatic heterocycles. The van der Waals surface area contributed by atoms with Gasteiger partial charge in [-0.25, -0.2) is 4.79 Å². The van der Waals surface area contributed by atoms with Crippen LogP contribution in [0.15, 0.2) is 22.6 Å². The molecule has 0 aliphatic carbocycles. The van der Waals surface area contributed by atoms with E-state index >= 15 is 0 Å². The molecule has 2 heterocycles. The Morgan fingerprint density at radius 3 is 2.62 bits per heavy atom. The highest BCUT2D eigenvalue weighted by molar-refractivity contribution is 7.13. The van der Waals surface area contributed by atoms with Crippen molar-refractivity contribution in [3.63, 3.8) is 0 Å². The zero-order valence-electron chi connectivity index (χ0n) is 12.1. The quantitative estimate of drug-likeness (QED) is 0.887. The standard InChI is InChI=1S/C15H17NO4S/c1-8(2)12-6-11(9(3)20-12)14(17)16-7-10-4-5-13(21-10)15(18)19/h4-6,8H,7H2,1-3H3,(H,16,17)(H,18,19). The van der Waals surface area contributed by atoms with Gasteiger partial charge in [0.2, 0.25) is 0 Å². The topological polar surface area (TPSA) is 79.5 Å². The van der Waals surface area contributed by atoms with Crippen LogP contribution in [0.5, 0.6) is 0 Å². The fourth-order valence-electron chi connectivity index (χ4n) is 1.87. The summed E-state index contributed by atoms with van der Waals surface area (Å²) in [4.78, 5) is 24.0. The minimum absolute atomic E-state index is 0.214. The minimum atomic E-state index is -0.954. The van der Waals surface area contributed by atoms with Crippen molar-refractivity contribution in [2.75, 3.05) is 0 Å².